The van der Waals surface area contributed by atoms with E-state index in [0.29, 0.717) is 5.56 Å². The summed E-state index contributed by atoms with van der Waals surface area (Å²) >= 11 is 0. The van der Waals surface area contributed by atoms with E-state index in [4.69, 9.17) is 4.74 Å². The first kappa shape index (κ1) is 19.5. The summed E-state index contributed by atoms with van der Waals surface area (Å²) in [6.07, 6.45) is 0.822. The van der Waals surface area contributed by atoms with Crippen molar-refractivity contribution in [2.24, 2.45) is 0 Å². The van der Waals surface area contributed by atoms with Crippen LogP contribution in [0.5, 0.6) is 0 Å². The molecule has 0 spiro atoms. The molecular weight excluding hydrogens is 320 g/mol. The Labute approximate surface area is 149 Å². The van der Waals surface area contributed by atoms with Gasteiger partial charge < -0.3 is 25.2 Å². The first-order valence-electron chi connectivity index (χ1n) is 8.94. The second kappa shape index (κ2) is 8.54. The molecule has 1 saturated heterocycles. The molecule has 6 heteroatoms. The third-order valence-electron chi connectivity index (χ3n) is 4.15. The van der Waals surface area contributed by atoms with Crippen molar-refractivity contribution in [1.82, 2.24) is 5.32 Å². The number of anilines is 1. The van der Waals surface area contributed by atoms with Gasteiger partial charge in [-0.25, -0.2) is 4.79 Å². The number of aliphatic hydroxyl groups excluding tert-OH is 2. The smallest absolute Gasteiger partial charge is 0.407 e. The Morgan fingerprint density at radius 3 is 2.56 bits per heavy atom. The highest BCUT2D eigenvalue weighted by Crippen LogP contribution is 2.25. The van der Waals surface area contributed by atoms with Crippen LogP contribution >= 0.6 is 0 Å². The monoisotopic (exact) mass is 350 g/mol. The van der Waals surface area contributed by atoms with Crippen molar-refractivity contribution in [2.45, 2.75) is 57.8 Å². The third kappa shape index (κ3) is 6.21. The van der Waals surface area contributed by atoms with Crippen LogP contribution in [0.4, 0.5) is 10.5 Å². The van der Waals surface area contributed by atoms with Gasteiger partial charge in [0.2, 0.25) is 0 Å². The van der Waals surface area contributed by atoms with E-state index in [2.05, 4.69) is 10.2 Å². The van der Waals surface area contributed by atoms with Crippen molar-refractivity contribution in [3.63, 3.8) is 0 Å². The molecule has 1 aliphatic rings. The van der Waals surface area contributed by atoms with Crippen molar-refractivity contribution in [1.29, 1.82) is 0 Å². The average molecular weight is 350 g/mol. The molecule has 2 atom stereocenters. The Hall–Kier alpha value is -1.79. The predicted octanol–water partition coefficient (Wildman–Crippen LogP) is 2.60. The van der Waals surface area contributed by atoms with E-state index in [1.165, 1.54) is 19.3 Å². The first-order chi connectivity index (χ1) is 11.8. The number of nitrogens with one attached hydrogen (secondary N) is 1. The molecular formula is C19H30N2O4. The minimum absolute atomic E-state index is 0.0793. The number of amides is 1. The highest BCUT2D eigenvalue weighted by Gasteiger charge is 2.22. The molecule has 3 N–H and O–H groups in total. The fourth-order valence-electron chi connectivity index (χ4n) is 2.89. The number of hydrogen-bond donors (Lipinski definition) is 3. The maximum Gasteiger partial charge on any atom is 0.407 e. The van der Waals surface area contributed by atoms with Crippen molar-refractivity contribution in [2.75, 3.05) is 24.5 Å². The van der Waals surface area contributed by atoms with Gasteiger partial charge in [0.15, 0.2) is 0 Å². The van der Waals surface area contributed by atoms with Crippen LogP contribution in [0.15, 0.2) is 24.3 Å². The zero-order valence-corrected chi connectivity index (χ0v) is 15.4. The number of ether oxygens (including phenoxy) is 1. The normalized spacial score (nSPS) is 17.7. The number of carbonyl (C=O) groups excluding carboxylic acids is 1. The number of piperidine rings is 1. The zero-order valence-electron chi connectivity index (χ0n) is 15.4. The summed E-state index contributed by atoms with van der Waals surface area (Å²) in [5.41, 5.74) is 1.10. The Balaban J connectivity index is 1.92. The van der Waals surface area contributed by atoms with E-state index >= 15 is 0 Å². The molecule has 1 aromatic carbocycles. The molecule has 1 aliphatic heterocycles. The first-order valence-corrected chi connectivity index (χ1v) is 8.94. The fraction of sp³-hybridized carbons (Fsp3) is 0.632. The maximum absolute atomic E-state index is 11.7. The summed E-state index contributed by atoms with van der Waals surface area (Å²) in [6, 6.07) is 7.60. The lowest BCUT2D eigenvalue weighted by Gasteiger charge is -2.29. The minimum Gasteiger partial charge on any atom is -0.444 e. The SMILES string of the molecule is CC(C)(C)OC(=O)NCC(O)C(O)c1cccc(N2CCCCC2)c1. The second-order valence-electron chi connectivity index (χ2n) is 7.54. The number of nitrogens with zero attached hydrogens (tertiary/aromatic N) is 1. The molecule has 1 aromatic rings. The molecule has 1 amide bonds. The lowest BCUT2D eigenvalue weighted by molar-refractivity contribution is 0.0129. The zero-order chi connectivity index (χ0) is 18.4. The summed E-state index contributed by atoms with van der Waals surface area (Å²) in [5, 5.41) is 23.1. The molecule has 1 heterocycles. The maximum atomic E-state index is 11.7. The average Bonchev–Trinajstić information content (AvgIpc) is 2.58. The predicted molar refractivity (Wildman–Crippen MR) is 97.7 cm³/mol. The van der Waals surface area contributed by atoms with E-state index in [0.717, 1.165) is 18.8 Å². The summed E-state index contributed by atoms with van der Waals surface area (Å²) < 4.78 is 5.12. The Bertz CT molecular complexity index is 565. The van der Waals surface area contributed by atoms with Gasteiger partial charge >= 0.3 is 6.09 Å². The third-order valence-corrected chi connectivity index (χ3v) is 4.15. The number of benzene rings is 1. The number of hydrogen-bond acceptors (Lipinski definition) is 5. The Morgan fingerprint density at radius 2 is 1.92 bits per heavy atom. The van der Waals surface area contributed by atoms with Gasteiger partial charge in [-0.3, -0.25) is 0 Å². The molecule has 2 rings (SSSR count). The molecule has 0 bridgehead atoms. The van der Waals surface area contributed by atoms with Crippen molar-refractivity contribution in [3.05, 3.63) is 29.8 Å². The van der Waals surface area contributed by atoms with Crippen LogP contribution in [-0.2, 0) is 4.74 Å². The van der Waals surface area contributed by atoms with E-state index in [-0.39, 0.29) is 6.54 Å². The van der Waals surface area contributed by atoms with E-state index in [1.54, 1.807) is 26.8 Å². The quantitative estimate of drug-likeness (QED) is 0.760. The highest BCUT2D eigenvalue weighted by molar-refractivity contribution is 5.67. The molecule has 0 saturated carbocycles. The number of alkyl carbamates (subject to hydrolysis) is 1. The van der Waals surface area contributed by atoms with E-state index < -0.39 is 23.9 Å². The number of rotatable bonds is 5. The molecule has 0 radical (unpaired) electrons. The molecule has 25 heavy (non-hydrogen) atoms. The van der Waals surface area contributed by atoms with Gasteiger partial charge in [0.25, 0.3) is 0 Å². The van der Waals surface area contributed by atoms with E-state index in [9.17, 15) is 15.0 Å². The number of carbonyl (C=O) groups is 1. The molecule has 2 unspecified atom stereocenters. The van der Waals surface area contributed by atoms with Gasteiger partial charge in [-0.15, -0.1) is 0 Å². The van der Waals surface area contributed by atoms with Crippen molar-refractivity contribution < 1.29 is 19.7 Å². The Kier molecular flexibility index (Phi) is 6.67. The molecule has 0 aliphatic carbocycles. The fourth-order valence-corrected chi connectivity index (χ4v) is 2.89. The molecule has 0 aromatic heterocycles. The van der Waals surface area contributed by atoms with Gasteiger partial charge in [0.05, 0.1) is 0 Å². The van der Waals surface area contributed by atoms with Crippen LogP contribution in [-0.4, -0.2) is 47.6 Å². The molecule has 6 nitrogen and oxygen atoms in total. The lowest BCUT2D eigenvalue weighted by atomic mass is 10.0. The largest absolute Gasteiger partial charge is 0.444 e. The van der Waals surface area contributed by atoms with Crippen LogP contribution in [0.3, 0.4) is 0 Å². The van der Waals surface area contributed by atoms with Crippen LogP contribution in [0.2, 0.25) is 0 Å². The number of aliphatic hydroxyl groups is 2. The summed E-state index contributed by atoms with van der Waals surface area (Å²) in [4.78, 5) is 13.9. The van der Waals surface area contributed by atoms with Crippen LogP contribution < -0.4 is 10.2 Å². The Morgan fingerprint density at radius 1 is 1.24 bits per heavy atom. The highest BCUT2D eigenvalue weighted by atomic mass is 16.6. The minimum atomic E-state index is -1.11. The van der Waals surface area contributed by atoms with Crippen LogP contribution in [0.25, 0.3) is 0 Å². The topological polar surface area (TPSA) is 82.0 Å². The van der Waals surface area contributed by atoms with Crippen LogP contribution in [0.1, 0.15) is 51.7 Å². The standard InChI is InChI=1S/C19H30N2O4/c1-19(2,3)25-18(24)20-13-16(22)17(23)14-8-7-9-15(12-14)21-10-5-4-6-11-21/h7-9,12,16-17,22-23H,4-6,10-11,13H2,1-3H3,(H,20,24). The van der Waals surface area contributed by atoms with Crippen molar-refractivity contribution >= 4 is 11.8 Å². The summed E-state index contributed by atoms with van der Waals surface area (Å²) in [6.45, 7) is 7.26. The van der Waals surface area contributed by atoms with Gasteiger partial charge in [0, 0.05) is 25.3 Å². The molecule has 140 valence electrons. The van der Waals surface area contributed by atoms with Gasteiger partial charge in [0.1, 0.15) is 17.8 Å². The van der Waals surface area contributed by atoms with Crippen molar-refractivity contribution in [3.8, 4) is 0 Å². The van der Waals surface area contributed by atoms with Gasteiger partial charge in [-0.05, 0) is 57.7 Å². The lowest BCUT2D eigenvalue weighted by Crippen LogP contribution is -2.38. The summed E-state index contributed by atoms with van der Waals surface area (Å²) in [5.74, 6) is 0. The van der Waals surface area contributed by atoms with Gasteiger partial charge in [-0.1, -0.05) is 12.1 Å². The van der Waals surface area contributed by atoms with Crippen LogP contribution in [0, 0.1) is 0 Å². The van der Waals surface area contributed by atoms with E-state index in [1.807, 2.05) is 18.2 Å². The molecule has 1 fully saturated rings. The summed E-state index contributed by atoms with van der Waals surface area (Å²) in [7, 11) is 0. The van der Waals surface area contributed by atoms with Gasteiger partial charge in [-0.2, -0.15) is 0 Å². The second-order valence-corrected chi connectivity index (χ2v) is 7.54.